The summed E-state index contributed by atoms with van der Waals surface area (Å²) < 4.78 is 26.2. The zero-order chi connectivity index (χ0) is 26.7. The molecule has 1 heterocycles. The number of ether oxygens (including phenoxy) is 4. The van der Waals surface area contributed by atoms with Crippen LogP contribution in [0.3, 0.4) is 0 Å². The molecule has 5 atom stereocenters. The molecule has 2 unspecified atom stereocenters. The summed E-state index contributed by atoms with van der Waals surface area (Å²) >= 11 is 1.69. The van der Waals surface area contributed by atoms with Crippen LogP contribution >= 0.6 is 11.8 Å². The summed E-state index contributed by atoms with van der Waals surface area (Å²) in [5.41, 5.74) is 3.17. The zero-order valence-corrected chi connectivity index (χ0v) is 23.1. The minimum Gasteiger partial charge on any atom is -0.374 e. The van der Waals surface area contributed by atoms with Gasteiger partial charge in [0.15, 0.2) is 0 Å². The number of benzene rings is 4. The van der Waals surface area contributed by atoms with Crippen molar-refractivity contribution in [3.8, 4) is 0 Å². The Morgan fingerprint density at radius 2 is 1.05 bits per heavy atom. The third kappa shape index (κ3) is 8.04. The van der Waals surface area contributed by atoms with Crippen molar-refractivity contribution in [1.82, 2.24) is 0 Å². The van der Waals surface area contributed by atoms with Crippen molar-refractivity contribution in [2.75, 3.05) is 6.61 Å². The van der Waals surface area contributed by atoms with E-state index in [-0.39, 0.29) is 29.7 Å². The van der Waals surface area contributed by atoms with Crippen LogP contribution in [0.1, 0.15) is 23.6 Å². The summed E-state index contributed by atoms with van der Waals surface area (Å²) in [6.45, 7) is 4.23. The lowest BCUT2D eigenvalue weighted by molar-refractivity contribution is -0.217. The van der Waals surface area contributed by atoms with E-state index < -0.39 is 0 Å². The molecule has 5 heteroatoms. The first-order chi connectivity index (χ1) is 19.3. The average molecular weight is 541 g/mol. The number of hydrogen-bond acceptors (Lipinski definition) is 5. The SMILES string of the molecule is C[C@H]1C(COCc2ccccc2)O[C@@H](Sc2ccccc2)C(OCc2ccccc2)[C@@H]1OCc1ccccc1. The minimum atomic E-state index is -0.264. The maximum absolute atomic E-state index is 6.76. The first-order valence-electron chi connectivity index (χ1n) is 13.6. The molecule has 0 spiro atoms. The number of rotatable bonds is 12. The highest BCUT2D eigenvalue weighted by molar-refractivity contribution is 7.99. The van der Waals surface area contributed by atoms with Crippen molar-refractivity contribution in [1.29, 1.82) is 0 Å². The maximum Gasteiger partial charge on any atom is 0.136 e. The van der Waals surface area contributed by atoms with Gasteiger partial charge in [-0.3, -0.25) is 0 Å². The molecule has 0 aromatic heterocycles. The number of thioether (sulfide) groups is 1. The first-order valence-corrected chi connectivity index (χ1v) is 14.4. The molecule has 4 aromatic carbocycles. The zero-order valence-electron chi connectivity index (χ0n) is 22.3. The molecule has 1 aliphatic rings. The summed E-state index contributed by atoms with van der Waals surface area (Å²) in [5, 5.41) is 0. The minimum absolute atomic E-state index is 0.0675. The summed E-state index contributed by atoms with van der Waals surface area (Å²) in [6.07, 6.45) is -0.569. The average Bonchev–Trinajstić information content (AvgIpc) is 2.99. The fraction of sp³-hybridized carbons (Fsp3) is 0.294. The fourth-order valence-electron chi connectivity index (χ4n) is 4.78. The lowest BCUT2D eigenvalue weighted by Gasteiger charge is -2.45. The van der Waals surface area contributed by atoms with Gasteiger partial charge in [0.25, 0.3) is 0 Å². The third-order valence-electron chi connectivity index (χ3n) is 6.97. The van der Waals surface area contributed by atoms with Crippen molar-refractivity contribution in [3.63, 3.8) is 0 Å². The van der Waals surface area contributed by atoms with Crippen molar-refractivity contribution in [2.45, 2.75) is 55.4 Å². The van der Waals surface area contributed by atoms with E-state index in [2.05, 4.69) is 67.6 Å². The normalized spacial score (nSPS) is 22.9. The Labute approximate surface area is 236 Å². The molecule has 1 fully saturated rings. The molecule has 0 saturated carbocycles. The smallest absolute Gasteiger partial charge is 0.136 e. The van der Waals surface area contributed by atoms with Crippen molar-refractivity contribution >= 4 is 11.8 Å². The first kappa shape index (κ1) is 27.6. The van der Waals surface area contributed by atoms with Crippen molar-refractivity contribution < 1.29 is 18.9 Å². The van der Waals surface area contributed by atoms with Gasteiger partial charge in [0, 0.05) is 10.8 Å². The van der Waals surface area contributed by atoms with E-state index in [0.717, 1.165) is 21.6 Å². The van der Waals surface area contributed by atoms with Crippen LogP contribution < -0.4 is 0 Å². The molecule has 39 heavy (non-hydrogen) atoms. The maximum atomic E-state index is 6.76. The highest BCUT2D eigenvalue weighted by Gasteiger charge is 2.46. The second-order valence-corrected chi connectivity index (χ2v) is 11.0. The molecule has 1 saturated heterocycles. The van der Waals surface area contributed by atoms with E-state index in [4.69, 9.17) is 18.9 Å². The van der Waals surface area contributed by atoms with Crippen LogP contribution in [0.4, 0.5) is 0 Å². The predicted molar refractivity (Wildman–Crippen MR) is 156 cm³/mol. The van der Waals surface area contributed by atoms with Crippen molar-refractivity contribution in [3.05, 3.63) is 138 Å². The van der Waals surface area contributed by atoms with Gasteiger partial charge >= 0.3 is 0 Å². The molecule has 4 aromatic rings. The molecule has 1 aliphatic heterocycles. The van der Waals surface area contributed by atoms with Crippen LogP contribution in [0.15, 0.2) is 126 Å². The highest BCUT2D eigenvalue weighted by Crippen LogP contribution is 2.39. The van der Waals surface area contributed by atoms with Crippen LogP contribution in [-0.2, 0) is 38.8 Å². The standard InChI is InChI=1S/C34H36O4S/c1-26-31(25-35-22-27-14-6-2-7-15-27)38-34(39-30-20-12-5-13-21-30)33(37-24-29-18-10-4-11-19-29)32(26)36-23-28-16-8-3-9-17-28/h2-21,26,31-34H,22-25H2,1H3/t26-,31?,32+,33?,34-/m0/s1. The Morgan fingerprint density at radius 3 is 1.59 bits per heavy atom. The molecular formula is C34H36O4S. The third-order valence-corrected chi connectivity index (χ3v) is 8.12. The molecule has 0 aliphatic carbocycles. The Kier molecular flexibility index (Phi) is 10.2. The molecular weight excluding hydrogens is 504 g/mol. The van der Waals surface area contributed by atoms with Crippen LogP contribution in [0.25, 0.3) is 0 Å². The predicted octanol–water partition coefficient (Wildman–Crippen LogP) is 7.53. The molecule has 0 bridgehead atoms. The van der Waals surface area contributed by atoms with Gasteiger partial charge in [-0.25, -0.2) is 0 Å². The van der Waals surface area contributed by atoms with Crippen LogP contribution in [0, 0.1) is 5.92 Å². The van der Waals surface area contributed by atoms with Gasteiger partial charge in [-0.05, 0) is 28.8 Å². The largest absolute Gasteiger partial charge is 0.374 e. The van der Waals surface area contributed by atoms with Gasteiger partial charge < -0.3 is 18.9 Å². The quantitative estimate of drug-likeness (QED) is 0.186. The van der Waals surface area contributed by atoms with Gasteiger partial charge in [-0.15, -0.1) is 0 Å². The highest BCUT2D eigenvalue weighted by atomic mass is 32.2. The van der Waals surface area contributed by atoms with E-state index in [9.17, 15) is 0 Å². The molecule has 5 rings (SSSR count). The Hall–Kier alpha value is -2.93. The van der Waals surface area contributed by atoms with E-state index in [1.807, 2.05) is 60.7 Å². The van der Waals surface area contributed by atoms with Gasteiger partial charge in [-0.1, -0.05) is 128 Å². The monoisotopic (exact) mass is 540 g/mol. The summed E-state index contributed by atoms with van der Waals surface area (Å²) in [6, 6.07) is 41.2. The van der Waals surface area contributed by atoms with Gasteiger partial charge in [0.05, 0.1) is 38.6 Å². The summed E-state index contributed by atoms with van der Waals surface area (Å²) in [5.74, 6) is 0.0675. The molecule has 4 nitrogen and oxygen atoms in total. The van der Waals surface area contributed by atoms with Crippen LogP contribution in [0.5, 0.6) is 0 Å². The van der Waals surface area contributed by atoms with E-state index in [1.54, 1.807) is 11.8 Å². The summed E-state index contributed by atoms with van der Waals surface area (Å²) in [7, 11) is 0. The lowest BCUT2D eigenvalue weighted by Crippen LogP contribution is -2.55. The molecule has 0 amide bonds. The van der Waals surface area contributed by atoms with Gasteiger partial charge in [0.1, 0.15) is 11.5 Å². The summed E-state index contributed by atoms with van der Waals surface area (Å²) in [4.78, 5) is 1.14. The Balaban J connectivity index is 1.36. The molecule has 202 valence electrons. The van der Waals surface area contributed by atoms with Crippen molar-refractivity contribution in [2.24, 2.45) is 5.92 Å². The van der Waals surface area contributed by atoms with Gasteiger partial charge in [-0.2, -0.15) is 0 Å². The number of hydrogen-bond donors (Lipinski definition) is 0. The van der Waals surface area contributed by atoms with E-state index in [1.165, 1.54) is 0 Å². The molecule has 0 radical (unpaired) electrons. The van der Waals surface area contributed by atoms with E-state index >= 15 is 0 Å². The lowest BCUT2D eigenvalue weighted by atomic mass is 9.91. The second-order valence-electron chi connectivity index (χ2n) is 9.86. The topological polar surface area (TPSA) is 36.9 Å². The van der Waals surface area contributed by atoms with Gasteiger partial charge in [0.2, 0.25) is 0 Å². The fourth-order valence-corrected chi connectivity index (χ4v) is 5.93. The van der Waals surface area contributed by atoms with Crippen LogP contribution in [0.2, 0.25) is 0 Å². The Bertz CT molecular complexity index is 1220. The Morgan fingerprint density at radius 1 is 0.590 bits per heavy atom. The second kappa shape index (κ2) is 14.5. The molecule has 0 N–H and O–H groups in total. The van der Waals surface area contributed by atoms with Crippen LogP contribution in [-0.4, -0.2) is 30.4 Å². The van der Waals surface area contributed by atoms with E-state index in [0.29, 0.717) is 26.4 Å².